The van der Waals surface area contributed by atoms with Crippen LogP contribution in [0.5, 0.6) is 0 Å². The first kappa shape index (κ1) is 16.9. The number of amides is 2. The zero-order chi connectivity index (χ0) is 15.1. The highest BCUT2D eigenvalue weighted by Crippen LogP contribution is 2.08. The maximum Gasteiger partial charge on any atom is 0.239 e. The fraction of sp³-hybridized carbons (Fsp3) is 0.857. The van der Waals surface area contributed by atoms with E-state index in [-0.39, 0.29) is 24.4 Å². The van der Waals surface area contributed by atoms with Crippen molar-refractivity contribution in [2.45, 2.75) is 39.3 Å². The van der Waals surface area contributed by atoms with E-state index in [0.717, 1.165) is 19.5 Å². The Kier molecular flexibility index (Phi) is 6.95. The van der Waals surface area contributed by atoms with Gasteiger partial charge in [-0.1, -0.05) is 0 Å². The van der Waals surface area contributed by atoms with E-state index in [1.54, 1.807) is 4.90 Å². The number of hydrogen-bond acceptors (Lipinski definition) is 4. The van der Waals surface area contributed by atoms with E-state index in [0.29, 0.717) is 19.1 Å². The SMILES string of the molecule is CCN(CC(=O)NC(C)C)C(=O)CN1CCC(NC)C1. The van der Waals surface area contributed by atoms with Crippen molar-refractivity contribution in [2.24, 2.45) is 0 Å². The first-order valence-electron chi connectivity index (χ1n) is 7.43. The Hall–Kier alpha value is -1.14. The Bertz CT molecular complexity index is 333. The molecular weight excluding hydrogens is 256 g/mol. The molecule has 1 rings (SSSR count). The molecule has 0 bridgehead atoms. The van der Waals surface area contributed by atoms with Gasteiger partial charge < -0.3 is 15.5 Å². The lowest BCUT2D eigenvalue weighted by atomic mass is 10.3. The molecule has 0 aromatic rings. The molecule has 1 unspecified atom stereocenters. The predicted molar refractivity (Wildman–Crippen MR) is 79.4 cm³/mol. The van der Waals surface area contributed by atoms with Crippen molar-refractivity contribution in [1.82, 2.24) is 20.4 Å². The molecule has 0 aromatic carbocycles. The van der Waals surface area contributed by atoms with Gasteiger partial charge in [0, 0.05) is 31.7 Å². The van der Waals surface area contributed by atoms with E-state index in [1.807, 2.05) is 27.8 Å². The van der Waals surface area contributed by atoms with Gasteiger partial charge in [-0.15, -0.1) is 0 Å². The summed E-state index contributed by atoms with van der Waals surface area (Å²) in [5.74, 6) is -0.0621. The second-order valence-electron chi connectivity index (χ2n) is 5.64. The predicted octanol–water partition coefficient (Wildman–Crippen LogP) is -0.347. The average Bonchev–Trinajstić information content (AvgIpc) is 2.82. The van der Waals surface area contributed by atoms with Gasteiger partial charge in [0.1, 0.15) is 0 Å². The summed E-state index contributed by atoms with van der Waals surface area (Å²) in [4.78, 5) is 27.7. The van der Waals surface area contributed by atoms with Crippen LogP contribution in [-0.2, 0) is 9.59 Å². The van der Waals surface area contributed by atoms with Crippen molar-refractivity contribution in [3.8, 4) is 0 Å². The van der Waals surface area contributed by atoms with Crippen LogP contribution in [0.4, 0.5) is 0 Å². The Morgan fingerprint density at radius 1 is 1.40 bits per heavy atom. The van der Waals surface area contributed by atoms with Gasteiger partial charge >= 0.3 is 0 Å². The van der Waals surface area contributed by atoms with Crippen molar-refractivity contribution in [2.75, 3.05) is 39.8 Å². The van der Waals surface area contributed by atoms with Gasteiger partial charge in [-0.3, -0.25) is 14.5 Å². The molecule has 0 aromatic heterocycles. The van der Waals surface area contributed by atoms with Crippen molar-refractivity contribution in [3.63, 3.8) is 0 Å². The lowest BCUT2D eigenvalue weighted by Crippen LogP contribution is -2.46. The third kappa shape index (κ3) is 5.46. The molecule has 6 heteroatoms. The van der Waals surface area contributed by atoms with Crippen molar-refractivity contribution < 1.29 is 9.59 Å². The van der Waals surface area contributed by atoms with Crippen LogP contribution in [0.1, 0.15) is 27.2 Å². The Morgan fingerprint density at radius 2 is 2.10 bits per heavy atom. The number of likely N-dealkylation sites (tertiary alicyclic amines) is 1. The zero-order valence-electron chi connectivity index (χ0n) is 13.1. The van der Waals surface area contributed by atoms with E-state index < -0.39 is 0 Å². The summed E-state index contributed by atoms with van der Waals surface area (Å²) in [6.45, 7) is 8.69. The van der Waals surface area contributed by atoms with Crippen LogP contribution < -0.4 is 10.6 Å². The van der Waals surface area contributed by atoms with Gasteiger partial charge in [0.15, 0.2) is 0 Å². The number of rotatable bonds is 7. The molecule has 1 heterocycles. The number of hydrogen-bond donors (Lipinski definition) is 2. The van der Waals surface area contributed by atoms with Gasteiger partial charge in [0.2, 0.25) is 11.8 Å². The smallest absolute Gasteiger partial charge is 0.239 e. The molecule has 1 aliphatic rings. The molecule has 20 heavy (non-hydrogen) atoms. The molecule has 0 radical (unpaired) electrons. The standard InChI is InChI=1S/C14H28N4O2/c1-5-18(9-13(19)16-11(2)3)14(20)10-17-7-6-12(8-17)15-4/h11-12,15H,5-10H2,1-4H3,(H,16,19). The van der Waals surface area contributed by atoms with E-state index in [4.69, 9.17) is 0 Å². The van der Waals surface area contributed by atoms with Crippen LogP contribution in [-0.4, -0.2) is 73.5 Å². The molecule has 1 fully saturated rings. The number of carbonyl (C=O) groups is 2. The zero-order valence-corrected chi connectivity index (χ0v) is 13.1. The first-order chi connectivity index (χ1) is 9.46. The summed E-state index contributed by atoms with van der Waals surface area (Å²) in [7, 11) is 1.95. The Labute approximate surface area is 121 Å². The average molecular weight is 284 g/mol. The van der Waals surface area contributed by atoms with Gasteiger partial charge in [-0.2, -0.15) is 0 Å². The highest BCUT2D eigenvalue weighted by atomic mass is 16.2. The van der Waals surface area contributed by atoms with Crippen molar-refractivity contribution in [1.29, 1.82) is 0 Å². The van der Waals surface area contributed by atoms with Crippen LogP contribution in [0.2, 0.25) is 0 Å². The summed E-state index contributed by atoms with van der Waals surface area (Å²) in [6.07, 6.45) is 1.07. The summed E-state index contributed by atoms with van der Waals surface area (Å²) in [6, 6.07) is 0.577. The summed E-state index contributed by atoms with van der Waals surface area (Å²) in [5, 5.41) is 6.05. The first-order valence-corrected chi connectivity index (χ1v) is 7.43. The normalized spacial score (nSPS) is 19.4. The van der Waals surface area contributed by atoms with Crippen molar-refractivity contribution >= 4 is 11.8 Å². The van der Waals surface area contributed by atoms with Crippen LogP contribution >= 0.6 is 0 Å². The molecule has 2 N–H and O–H groups in total. The molecule has 1 saturated heterocycles. The molecule has 1 aliphatic heterocycles. The van der Waals surface area contributed by atoms with E-state index in [2.05, 4.69) is 15.5 Å². The Balaban J connectivity index is 2.41. The minimum absolute atomic E-state index is 0.0307. The molecular formula is C14H28N4O2. The summed E-state index contributed by atoms with van der Waals surface area (Å²) >= 11 is 0. The highest BCUT2D eigenvalue weighted by Gasteiger charge is 2.25. The highest BCUT2D eigenvalue weighted by molar-refractivity contribution is 5.85. The lowest BCUT2D eigenvalue weighted by molar-refractivity contribution is -0.136. The molecule has 2 amide bonds. The number of nitrogens with zero attached hydrogens (tertiary/aromatic N) is 2. The van der Waals surface area contributed by atoms with Gasteiger partial charge in [0.05, 0.1) is 13.1 Å². The molecule has 0 spiro atoms. The van der Waals surface area contributed by atoms with Crippen LogP contribution in [0.25, 0.3) is 0 Å². The van der Waals surface area contributed by atoms with Crippen LogP contribution in [0, 0.1) is 0 Å². The maximum atomic E-state index is 12.2. The second kappa shape index (κ2) is 8.21. The van der Waals surface area contributed by atoms with Crippen LogP contribution in [0.3, 0.4) is 0 Å². The summed E-state index contributed by atoms with van der Waals surface area (Å²) < 4.78 is 0. The quantitative estimate of drug-likeness (QED) is 0.671. The minimum atomic E-state index is -0.0928. The summed E-state index contributed by atoms with van der Waals surface area (Å²) in [5.41, 5.74) is 0. The number of nitrogens with one attached hydrogen (secondary N) is 2. The minimum Gasteiger partial charge on any atom is -0.352 e. The van der Waals surface area contributed by atoms with Gasteiger partial charge in [0.25, 0.3) is 0 Å². The maximum absolute atomic E-state index is 12.2. The van der Waals surface area contributed by atoms with Crippen LogP contribution in [0.15, 0.2) is 0 Å². The number of likely N-dealkylation sites (N-methyl/N-ethyl adjacent to an activating group) is 2. The van der Waals surface area contributed by atoms with Crippen molar-refractivity contribution in [3.05, 3.63) is 0 Å². The molecule has 0 saturated carbocycles. The second-order valence-corrected chi connectivity index (χ2v) is 5.64. The molecule has 1 atom stereocenters. The topological polar surface area (TPSA) is 64.7 Å². The third-order valence-corrected chi connectivity index (χ3v) is 3.56. The molecule has 6 nitrogen and oxygen atoms in total. The molecule has 116 valence electrons. The van der Waals surface area contributed by atoms with E-state index >= 15 is 0 Å². The van der Waals surface area contributed by atoms with E-state index in [9.17, 15) is 9.59 Å². The Morgan fingerprint density at radius 3 is 2.60 bits per heavy atom. The van der Waals surface area contributed by atoms with E-state index in [1.165, 1.54) is 0 Å². The monoisotopic (exact) mass is 284 g/mol. The van der Waals surface area contributed by atoms with Gasteiger partial charge in [-0.05, 0) is 34.2 Å². The largest absolute Gasteiger partial charge is 0.352 e. The number of carbonyl (C=O) groups excluding carboxylic acids is 2. The third-order valence-electron chi connectivity index (χ3n) is 3.56. The van der Waals surface area contributed by atoms with Gasteiger partial charge in [-0.25, -0.2) is 0 Å². The fourth-order valence-corrected chi connectivity index (χ4v) is 2.42. The molecule has 0 aliphatic carbocycles. The fourth-order valence-electron chi connectivity index (χ4n) is 2.42. The lowest BCUT2D eigenvalue weighted by Gasteiger charge is -2.24.